The molecule has 1 aliphatic heterocycles. The predicted octanol–water partition coefficient (Wildman–Crippen LogP) is 5.55. The summed E-state index contributed by atoms with van der Waals surface area (Å²) in [6, 6.07) is 7.43. The number of amidine groups is 1. The number of anilines is 1. The standard InChI is InChI=1S/C28H38N6O/c1-6-24(13-9-8-11-22-15-16-22)32-28(35)33-25-14-10-12-23(17-25)20(3)30-27-18-29-26(21(4)31-27)19-34(5)7-2/h6,8-10,12-14,17-22H,1,7,11,15-16H2,2-5H3,(H,30,31)(H2,32,33,35)/b9-8?,24-13+,26-19+/t20-,21?/m0/s1. The molecule has 1 saturated carbocycles. The Kier molecular flexibility index (Phi) is 9.47. The molecule has 0 bridgehead atoms. The zero-order valence-corrected chi connectivity index (χ0v) is 21.3. The number of benzene rings is 1. The van der Waals surface area contributed by atoms with Gasteiger partial charge in [-0.15, -0.1) is 0 Å². The summed E-state index contributed by atoms with van der Waals surface area (Å²) in [6.45, 7) is 10.9. The SMILES string of the molecule is C=C/C(=C\C=CCC1CC1)NC(=O)Nc1cccc([C@H](C)NC2=NC(C)/C(=C\N(C)CC)N=C2)c1. The molecule has 2 amide bonds. The van der Waals surface area contributed by atoms with Gasteiger partial charge < -0.3 is 20.9 Å². The molecule has 1 aliphatic carbocycles. The molecular weight excluding hydrogens is 436 g/mol. The lowest BCUT2D eigenvalue weighted by molar-refractivity contribution is 0.254. The molecule has 1 aromatic carbocycles. The van der Waals surface area contributed by atoms with Crippen LogP contribution in [0.1, 0.15) is 51.6 Å². The van der Waals surface area contributed by atoms with Gasteiger partial charge in [-0.05, 0) is 75.8 Å². The molecule has 0 aromatic heterocycles. The van der Waals surface area contributed by atoms with Crippen LogP contribution in [0.4, 0.5) is 10.5 Å². The molecule has 186 valence electrons. The van der Waals surface area contributed by atoms with Gasteiger partial charge in [0.05, 0.1) is 24.0 Å². The summed E-state index contributed by atoms with van der Waals surface area (Å²) < 4.78 is 0. The summed E-state index contributed by atoms with van der Waals surface area (Å²) in [5.41, 5.74) is 3.34. The molecule has 1 fully saturated rings. The van der Waals surface area contributed by atoms with Crippen LogP contribution in [0, 0.1) is 5.92 Å². The van der Waals surface area contributed by atoms with Crippen molar-refractivity contribution in [2.45, 2.75) is 52.1 Å². The second-order valence-electron chi connectivity index (χ2n) is 9.08. The van der Waals surface area contributed by atoms with Gasteiger partial charge in [-0.25, -0.2) is 4.79 Å². The van der Waals surface area contributed by atoms with Crippen LogP contribution < -0.4 is 16.0 Å². The van der Waals surface area contributed by atoms with E-state index in [0.29, 0.717) is 11.4 Å². The monoisotopic (exact) mass is 474 g/mol. The molecule has 3 N–H and O–H groups in total. The molecule has 2 aliphatic rings. The minimum absolute atomic E-state index is 0.0127. The highest BCUT2D eigenvalue weighted by Gasteiger charge is 2.18. The van der Waals surface area contributed by atoms with Crippen molar-refractivity contribution in [2.24, 2.45) is 15.9 Å². The van der Waals surface area contributed by atoms with Gasteiger partial charge in [0.1, 0.15) is 5.84 Å². The van der Waals surface area contributed by atoms with Gasteiger partial charge in [0.25, 0.3) is 0 Å². The van der Waals surface area contributed by atoms with Crippen molar-refractivity contribution in [1.82, 2.24) is 15.5 Å². The minimum Gasteiger partial charge on any atom is -0.379 e. The fourth-order valence-corrected chi connectivity index (χ4v) is 3.53. The third kappa shape index (κ3) is 8.59. The van der Waals surface area contributed by atoms with Gasteiger partial charge in [-0.1, -0.05) is 30.9 Å². The summed E-state index contributed by atoms with van der Waals surface area (Å²) in [7, 11) is 2.03. The van der Waals surface area contributed by atoms with Crippen LogP contribution in [0.15, 0.2) is 82.7 Å². The summed E-state index contributed by atoms with van der Waals surface area (Å²) in [6.07, 6.45) is 15.2. The van der Waals surface area contributed by atoms with Gasteiger partial charge in [-0.3, -0.25) is 9.98 Å². The van der Waals surface area contributed by atoms with Crippen molar-refractivity contribution in [2.75, 3.05) is 18.9 Å². The number of aliphatic imine (C=N–C) groups is 2. The van der Waals surface area contributed by atoms with Crippen LogP contribution in [-0.4, -0.2) is 42.6 Å². The Morgan fingerprint density at radius 3 is 2.83 bits per heavy atom. The number of amides is 2. The predicted molar refractivity (Wildman–Crippen MR) is 147 cm³/mol. The summed E-state index contributed by atoms with van der Waals surface area (Å²) >= 11 is 0. The quantitative estimate of drug-likeness (QED) is 0.389. The number of hydrogen-bond acceptors (Lipinski definition) is 5. The first-order chi connectivity index (χ1) is 16.9. The third-order valence-electron chi connectivity index (χ3n) is 6.01. The maximum absolute atomic E-state index is 12.5. The lowest BCUT2D eigenvalue weighted by Gasteiger charge is -2.21. The number of carbonyl (C=O) groups excluding carboxylic acids is 1. The van der Waals surface area contributed by atoms with Gasteiger partial charge >= 0.3 is 6.03 Å². The topological polar surface area (TPSA) is 81.1 Å². The molecule has 0 radical (unpaired) electrons. The van der Waals surface area contributed by atoms with Gasteiger partial charge in [-0.2, -0.15) is 0 Å². The van der Waals surface area contributed by atoms with E-state index in [4.69, 9.17) is 4.99 Å². The molecule has 3 rings (SSSR count). The largest absolute Gasteiger partial charge is 0.379 e. The number of carbonyl (C=O) groups is 1. The minimum atomic E-state index is -0.307. The highest BCUT2D eigenvalue weighted by atomic mass is 16.2. The first-order valence-corrected chi connectivity index (χ1v) is 12.4. The van der Waals surface area contributed by atoms with Crippen molar-refractivity contribution in [3.05, 3.63) is 78.3 Å². The fourth-order valence-electron chi connectivity index (χ4n) is 3.53. The Labute approximate surface area is 209 Å². The van der Waals surface area contributed by atoms with Crippen LogP contribution in [-0.2, 0) is 0 Å². The Morgan fingerprint density at radius 1 is 1.34 bits per heavy atom. The molecule has 0 saturated heterocycles. The van der Waals surface area contributed by atoms with Crippen LogP contribution in [0.5, 0.6) is 0 Å². The number of urea groups is 1. The molecule has 0 spiro atoms. The molecule has 1 heterocycles. The Bertz CT molecular complexity index is 1050. The van der Waals surface area contributed by atoms with E-state index in [1.807, 2.05) is 56.6 Å². The van der Waals surface area contributed by atoms with E-state index in [1.54, 1.807) is 12.3 Å². The maximum atomic E-state index is 12.5. The normalized spacial score (nSPS) is 19.9. The highest BCUT2D eigenvalue weighted by Crippen LogP contribution is 2.32. The third-order valence-corrected chi connectivity index (χ3v) is 6.01. The van der Waals surface area contributed by atoms with Crippen molar-refractivity contribution in [1.29, 1.82) is 0 Å². The molecule has 7 nitrogen and oxygen atoms in total. The number of rotatable bonds is 10. The van der Waals surface area contributed by atoms with E-state index in [-0.39, 0.29) is 18.1 Å². The van der Waals surface area contributed by atoms with Crippen LogP contribution >= 0.6 is 0 Å². The van der Waals surface area contributed by atoms with Crippen molar-refractivity contribution < 1.29 is 4.79 Å². The van der Waals surface area contributed by atoms with Crippen molar-refractivity contribution in [3.63, 3.8) is 0 Å². The molecule has 2 atom stereocenters. The smallest absolute Gasteiger partial charge is 0.323 e. The zero-order chi connectivity index (χ0) is 25.2. The number of hydrogen-bond donors (Lipinski definition) is 3. The fraction of sp³-hybridized carbons (Fsp3) is 0.393. The first-order valence-electron chi connectivity index (χ1n) is 12.4. The van der Waals surface area contributed by atoms with E-state index in [9.17, 15) is 4.79 Å². The average molecular weight is 475 g/mol. The molecule has 1 aromatic rings. The van der Waals surface area contributed by atoms with E-state index in [2.05, 4.69) is 52.3 Å². The van der Waals surface area contributed by atoms with Crippen molar-refractivity contribution >= 4 is 23.8 Å². The van der Waals surface area contributed by atoms with E-state index < -0.39 is 0 Å². The summed E-state index contributed by atoms with van der Waals surface area (Å²) in [5.74, 6) is 1.59. The number of allylic oxidation sites excluding steroid dienone is 4. The lowest BCUT2D eigenvalue weighted by Crippen LogP contribution is -2.32. The van der Waals surface area contributed by atoms with Crippen molar-refractivity contribution in [3.8, 4) is 0 Å². The van der Waals surface area contributed by atoms with Crippen LogP contribution in [0.3, 0.4) is 0 Å². The Balaban J connectivity index is 1.55. The number of nitrogens with zero attached hydrogens (tertiary/aromatic N) is 3. The second-order valence-corrected chi connectivity index (χ2v) is 9.08. The van der Waals surface area contributed by atoms with Crippen LogP contribution in [0.2, 0.25) is 0 Å². The second kappa shape index (κ2) is 12.7. The maximum Gasteiger partial charge on any atom is 0.323 e. The van der Waals surface area contributed by atoms with E-state index in [1.165, 1.54) is 12.8 Å². The van der Waals surface area contributed by atoms with Gasteiger partial charge in [0.15, 0.2) is 0 Å². The molecule has 35 heavy (non-hydrogen) atoms. The van der Waals surface area contributed by atoms with Gasteiger partial charge in [0, 0.05) is 31.2 Å². The molecule has 7 heteroatoms. The van der Waals surface area contributed by atoms with E-state index >= 15 is 0 Å². The number of nitrogens with one attached hydrogen (secondary N) is 3. The Morgan fingerprint density at radius 2 is 2.14 bits per heavy atom. The summed E-state index contributed by atoms with van der Waals surface area (Å²) in [5, 5.41) is 9.16. The van der Waals surface area contributed by atoms with Gasteiger partial charge in [0.2, 0.25) is 0 Å². The van der Waals surface area contributed by atoms with E-state index in [0.717, 1.165) is 36.0 Å². The van der Waals surface area contributed by atoms with Crippen LogP contribution in [0.25, 0.3) is 0 Å². The summed E-state index contributed by atoms with van der Waals surface area (Å²) in [4.78, 5) is 23.9. The lowest BCUT2D eigenvalue weighted by atomic mass is 10.1. The highest BCUT2D eigenvalue weighted by molar-refractivity contribution is 6.30. The molecule has 1 unspecified atom stereocenters. The first kappa shape index (κ1) is 26.0. The Hall–Kier alpha value is -3.61. The zero-order valence-electron chi connectivity index (χ0n) is 21.3. The molecular formula is C28H38N6O. The average Bonchev–Trinajstić information content (AvgIpc) is 3.67.